The molecule has 3 nitrogen and oxygen atoms in total. The molecule has 2 saturated carbocycles. The second-order valence-electron chi connectivity index (χ2n) is 6.55. The van der Waals surface area contributed by atoms with Crippen molar-refractivity contribution in [2.75, 3.05) is 13.3 Å². The Morgan fingerprint density at radius 2 is 2.04 bits per heavy atom. The third-order valence-electron chi connectivity index (χ3n) is 4.94. The summed E-state index contributed by atoms with van der Waals surface area (Å²) in [7, 11) is 1.81. The second kappa shape index (κ2) is 7.56. The fraction of sp³-hybridized carbons (Fsp3) is 0.611. The molecule has 1 aromatic carbocycles. The van der Waals surface area contributed by atoms with Crippen LogP contribution in [0.15, 0.2) is 29.3 Å². The summed E-state index contributed by atoms with van der Waals surface area (Å²) in [5.74, 6) is 1.03. The molecule has 2 aliphatic rings. The van der Waals surface area contributed by atoms with Crippen LogP contribution in [0.2, 0.25) is 0 Å². The van der Waals surface area contributed by atoms with Crippen molar-refractivity contribution in [3.8, 4) is 0 Å². The first-order chi connectivity index (χ1) is 11.2. The van der Waals surface area contributed by atoms with E-state index in [2.05, 4.69) is 21.9 Å². The highest BCUT2D eigenvalue weighted by atomic mass is 32.2. The van der Waals surface area contributed by atoms with Gasteiger partial charge in [-0.2, -0.15) is 11.8 Å². The van der Waals surface area contributed by atoms with Crippen LogP contribution in [0, 0.1) is 5.82 Å². The van der Waals surface area contributed by atoms with Crippen molar-refractivity contribution >= 4 is 17.7 Å². The Hall–Kier alpha value is -1.23. The van der Waals surface area contributed by atoms with Crippen molar-refractivity contribution in [2.45, 2.75) is 55.4 Å². The number of hydrogen-bond donors (Lipinski definition) is 2. The first-order valence-corrected chi connectivity index (χ1v) is 9.77. The van der Waals surface area contributed by atoms with Crippen molar-refractivity contribution in [3.63, 3.8) is 0 Å². The molecule has 0 saturated heterocycles. The lowest BCUT2D eigenvalue weighted by atomic mass is 9.95. The van der Waals surface area contributed by atoms with Crippen LogP contribution in [-0.2, 0) is 0 Å². The maximum Gasteiger partial charge on any atom is 0.191 e. The Morgan fingerprint density at radius 3 is 2.78 bits per heavy atom. The second-order valence-corrected chi connectivity index (χ2v) is 7.69. The van der Waals surface area contributed by atoms with Crippen LogP contribution in [-0.4, -0.2) is 36.6 Å². The molecule has 0 amide bonds. The molecule has 0 aliphatic heterocycles. The van der Waals surface area contributed by atoms with Crippen LogP contribution in [0.5, 0.6) is 0 Å². The van der Waals surface area contributed by atoms with Crippen molar-refractivity contribution in [1.82, 2.24) is 10.6 Å². The van der Waals surface area contributed by atoms with Gasteiger partial charge in [0.05, 0.1) is 0 Å². The zero-order chi connectivity index (χ0) is 16.2. The van der Waals surface area contributed by atoms with Crippen LogP contribution in [0.1, 0.15) is 43.6 Å². The van der Waals surface area contributed by atoms with Crippen molar-refractivity contribution in [1.29, 1.82) is 0 Å². The van der Waals surface area contributed by atoms with Gasteiger partial charge in [-0.3, -0.25) is 4.99 Å². The first-order valence-electron chi connectivity index (χ1n) is 8.48. The molecule has 4 unspecified atom stereocenters. The molecule has 2 aliphatic carbocycles. The average Bonchev–Trinajstić information content (AvgIpc) is 3.33. The van der Waals surface area contributed by atoms with E-state index in [4.69, 9.17) is 0 Å². The summed E-state index contributed by atoms with van der Waals surface area (Å²) < 4.78 is 13.9. The van der Waals surface area contributed by atoms with Crippen LogP contribution in [0.4, 0.5) is 4.39 Å². The van der Waals surface area contributed by atoms with E-state index in [9.17, 15) is 4.39 Å². The molecule has 5 heteroatoms. The number of rotatable bonds is 4. The van der Waals surface area contributed by atoms with Gasteiger partial charge in [0.2, 0.25) is 0 Å². The Balaban J connectivity index is 1.52. The van der Waals surface area contributed by atoms with Crippen molar-refractivity contribution in [2.24, 2.45) is 4.99 Å². The molecule has 4 atom stereocenters. The largest absolute Gasteiger partial charge is 0.354 e. The molecule has 0 aromatic heterocycles. The molecule has 2 fully saturated rings. The summed E-state index contributed by atoms with van der Waals surface area (Å²) in [6, 6.07) is 7.88. The Bertz CT molecular complexity index is 563. The Kier molecular flexibility index (Phi) is 5.46. The minimum absolute atomic E-state index is 0.0974. The number of nitrogens with one attached hydrogen (secondary N) is 2. The van der Waals surface area contributed by atoms with Gasteiger partial charge in [0, 0.05) is 30.3 Å². The average molecular weight is 335 g/mol. The zero-order valence-corrected chi connectivity index (χ0v) is 14.7. The van der Waals surface area contributed by atoms with E-state index in [0.717, 1.165) is 23.2 Å². The van der Waals surface area contributed by atoms with Crippen LogP contribution in [0.25, 0.3) is 0 Å². The lowest BCUT2D eigenvalue weighted by Crippen LogP contribution is -2.46. The fourth-order valence-corrected chi connectivity index (χ4v) is 4.33. The van der Waals surface area contributed by atoms with Crippen LogP contribution < -0.4 is 10.6 Å². The SMILES string of the molecule is CN=C(NC1CCCC(SC)C1)NC1CC1c1ccccc1F. The number of benzene rings is 1. The molecule has 1 aromatic rings. The predicted molar refractivity (Wildman–Crippen MR) is 96.7 cm³/mol. The molecular formula is C18H26FN3S. The number of guanidine groups is 1. The minimum atomic E-state index is -0.0974. The molecule has 23 heavy (non-hydrogen) atoms. The van der Waals surface area contributed by atoms with E-state index in [1.807, 2.05) is 30.9 Å². The summed E-state index contributed by atoms with van der Waals surface area (Å²) in [5, 5.41) is 7.78. The van der Waals surface area contributed by atoms with Crippen molar-refractivity contribution < 1.29 is 4.39 Å². The lowest BCUT2D eigenvalue weighted by molar-refractivity contribution is 0.419. The molecule has 0 spiro atoms. The molecular weight excluding hydrogens is 309 g/mol. The molecule has 2 N–H and O–H groups in total. The Morgan fingerprint density at radius 1 is 1.22 bits per heavy atom. The van der Waals surface area contributed by atoms with E-state index in [1.165, 1.54) is 25.7 Å². The third kappa shape index (κ3) is 4.19. The number of aliphatic imine (C=N–C) groups is 1. The van der Waals surface area contributed by atoms with Gasteiger partial charge in [-0.15, -0.1) is 0 Å². The van der Waals surface area contributed by atoms with E-state index in [-0.39, 0.29) is 17.8 Å². The third-order valence-corrected chi connectivity index (χ3v) is 6.04. The summed E-state index contributed by atoms with van der Waals surface area (Å²) in [5.41, 5.74) is 0.820. The highest BCUT2D eigenvalue weighted by Gasteiger charge is 2.40. The monoisotopic (exact) mass is 335 g/mol. The highest BCUT2D eigenvalue weighted by Crippen LogP contribution is 2.41. The number of thioether (sulfide) groups is 1. The van der Waals surface area contributed by atoms with Crippen LogP contribution >= 0.6 is 11.8 Å². The van der Waals surface area contributed by atoms with Gasteiger partial charge in [0.15, 0.2) is 5.96 Å². The van der Waals surface area contributed by atoms with Gasteiger partial charge < -0.3 is 10.6 Å². The van der Waals surface area contributed by atoms with E-state index in [1.54, 1.807) is 12.1 Å². The summed E-state index contributed by atoms with van der Waals surface area (Å²) in [6.07, 6.45) is 8.18. The quantitative estimate of drug-likeness (QED) is 0.653. The molecule has 0 heterocycles. The number of nitrogens with zero attached hydrogens (tertiary/aromatic N) is 1. The summed E-state index contributed by atoms with van der Waals surface area (Å²) in [6.45, 7) is 0. The Labute approximate surface area is 142 Å². The van der Waals surface area contributed by atoms with Gasteiger partial charge >= 0.3 is 0 Å². The first kappa shape index (κ1) is 16.6. The van der Waals surface area contributed by atoms with E-state index in [0.29, 0.717) is 6.04 Å². The van der Waals surface area contributed by atoms with Gasteiger partial charge in [0.25, 0.3) is 0 Å². The lowest BCUT2D eigenvalue weighted by Gasteiger charge is -2.30. The summed E-state index contributed by atoms with van der Waals surface area (Å²) in [4.78, 5) is 4.36. The van der Waals surface area contributed by atoms with Gasteiger partial charge in [-0.25, -0.2) is 4.39 Å². The molecule has 0 radical (unpaired) electrons. The normalized spacial score (nSPS) is 30.8. The van der Waals surface area contributed by atoms with Gasteiger partial charge in [0.1, 0.15) is 5.82 Å². The van der Waals surface area contributed by atoms with Crippen molar-refractivity contribution in [3.05, 3.63) is 35.6 Å². The van der Waals surface area contributed by atoms with Gasteiger partial charge in [-0.1, -0.05) is 24.6 Å². The van der Waals surface area contributed by atoms with E-state index >= 15 is 0 Å². The maximum atomic E-state index is 13.9. The van der Waals surface area contributed by atoms with Gasteiger partial charge in [-0.05, 0) is 43.6 Å². The molecule has 0 bridgehead atoms. The molecule has 126 valence electrons. The smallest absolute Gasteiger partial charge is 0.191 e. The molecule has 3 rings (SSSR count). The van der Waals surface area contributed by atoms with E-state index < -0.39 is 0 Å². The highest BCUT2D eigenvalue weighted by molar-refractivity contribution is 7.99. The minimum Gasteiger partial charge on any atom is -0.354 e. The predicted octanol–water partition coefficient (Wildman–Crippen LogP) is 3.52. The van der Waals surface area contributed by atoms with Crippen LogP contribution in [0.3, 0.4) is 0 Å². The fourth-order valence-electron chi connectivity index (χ4n) is 3.50. The number of hydrogen-bond acceptors (Lipinski definition) is 2. The number of halogens is 1. The maximum absolute atomic E-state index is 13.9. The zero-order valence-electron chi connectivity index (χ0n) is 13.9. The summed E-state index contributed by atoms with van der Waals surface area (Å²) >= 11 is 1.97. The standard InChI is InChI=1S/C18H26FN3S/c1-20-18(21-12-6-5-7-13(10-12)23-2)22-17-11-15(17)14-8-3-4-9-16(14)19/h3-4,8-9,12-13,15,17H,5-7,10-11H2,1-2H3,(H2,20,21,22). The topological polar surface area (TPSA) is 36.4 Å².